The number of carbonyl (C=O) groups is 4. The second-order valence-corrected chi connectivity index (χ2v) is 4.30. The van der Waals surface area contributed by atoms with Gasteiger partial charge in [0.05, 0.1) is 0 Å². The summed E-state index contributed by atoms with van der Waals surface area (Å²) in [6.45, 7) is 3.44. The highest BCUT2D eigenvalue weighted by Gasteiger charge is 2.41. The summed E-state index contributed by atoms with van der Waals surface area (Å²) in [5.41, 5.74) is 7.23. The van der Waals surface area contributed by atoms with Gasteiger partial charge in [-0.15, -0.1) is 0 Å². The van der Waals surface area contributed by atoms with E-state index in [1.165, 1.54) is 0 Å². The van der Waals surface area contributed by atoms with E-state index in [9.17, 15) is 24.3 Å². The summed E-state index contributed by atoms with van der Waals surface area (Å²) < 4.78 is 0. The second-order valence-electron chi connectivity index (χ2n) is 4.30. The average molecular weight is 335 g/mol. The number of aliphatic carboxylic acids is 3. The molecule has 23 heavy (non-hydrogen) atoms. The van der Waals surface area contributed by atoms with Gasteiger partial charge < -0.3 is 26.5 Å². The maximum absolute atomic E-state index is 11.4. The van der Waals surface area contributed by atoms with Gasteiger partial charge in [-0.3, -0.25) is 15.0 Å². The standard InChI is InChI=1S/C12H19N3O7.H2O/c1-2-8(16)14-15(9(11(19)20)12(21)22)7(10(17)18)5-3-4-6-13;/h2,7,9H,1,3-6,13H2,(H,14,16)(H,17,18)(H,19,20)(H,21,22);1H2/t7-;/m0./s1. The molecule has 0 fully saturated rings. The number of nitrogens with two attached hydrogens (primary N) is 1. The number of nitrogens with one attached hydrogen (secondary N) is 1. The molecule has 0 aromatic rings. The van der Waals surface area contributed by atoms with Gasteiger partial charge in [0.1, 0.15) is 6.04 Å². The lowest BCUT2D eigenvalue weighted by atomic mass is 10.1. The lowest BCUT2D eigenvalue weighted by Crippen LogP contribution is -2.61. The first-order chi connectivity index (χ1) is 10.3. The molecule has 0 aromatic heterocycles. The quantitative estimate of drug-likeness (QED) is 0.120. The topological polar surface area (TPSA) is 202 Å². The fourth-order valence-electron chi connectivity index (χ4n) is 1.70. The first-order valence-electron chi connectivity index (χ1n) is 6.36. The van der Waals surface area contributed by atoms with Crippen molar-refractivity contribution < 1.29 is 40.0 Å². The lowest BCUT2D eigenvalue weighted by molar-refractivity contribution is -0.164. The fourth-order valence-corrected chi connectivity index (χ4v) is 1.70. The summed E-state index contributed by atoms with van der Waals surface area (Å²) in [5.74, 6) is -5.99. The molecule has 1 atom stereocenters. The van der Waals surface area contributed by atoms with Crippen molar-refractivity contribution in [3.05, 3.63) is 12.7 Å². The predicted octanol–water partition coefficient (Wildman–Crippen LogP) is -2.20. The number of hydrogen-bond acceptors (Lipinski definition) is 6. The van der Waals surface area contributed by atoms with E-state index in [1.54, 1.807) is 0 Å². The Morgan fingerprint density at radius 3 is 1.96 bits per heavy atom. The molecular formula is C12H21N3O8. The molecule has 132 valence electrons. The largest absolute Gasteiger partial charge is 0.480 e. The number of amides is 1. The number of carboxylic acids is 3. The number of hydrogen-bond donors (Lipinski definition) is 5. The van der Waals surface area contributed by atoms with E-state index in [0.29, 0.717) is 24.4 Å². The molecule has 0 bridgehead atoms. The van der Waals surface area contributed by atoms with E-state index in [4.69, 9.17) is 15.9 Å². The molecule has 0 saturated heterocycles. The molecule has 0 radical (unpaired) electrons. The minimum absolute atomic E-state index is 0. The van der Waals surface area contributed by atoms with Crippen LogP contribution in [0.15, 0.2) is 12.7 Å². The van der Waals surface area contributed by atoms with Gasteiger partial charge in [0.25, 0.3) is 5.91 Å². The summed E-state index contributed by atoms with van der Waals surface area (Å²) in [5, 5.41) is 27.6. The minimum atomic E-state index is -2.25. The number of nitrogens with zero attached hydrogens (tertiary/aromatic N) is 1. The van der Waals surface area contributed by atoms with Crippen LogP contribution in [0.5, 0.6) is 0 Å². The van der Waals surface area contributed by atoms with Gasteiger partial charge >= 0.3 is 17.9 Å². The van der Waals surface area contributed by atoms with E-state index in [1.807, 2.05) is 5.43 Å². The van der Waals surface area contributed by atoms with Crippen LogP contribution in [0, 0.1) is 0 Å². The molecule has 11 nitrogen and oxygen atoms in total. The van der Waals surface area contributed by atoms with Crippen LogP contribution in [0.25, 0.3) is 0 Å². The lowest BCUT2D eigenvalue weighted by Gasteiger charge is -2.31. The zero-order valence-electron chi connectivity index (χ0n) is 12.3. The van der Waals surface area contributed by atoms with Gasteiger partial charge in [0, 0.05) is 0 Å². The van der Waals surface area contributed by atoms with Gasteiger partial charge in [0.2, 0.25) is 6.04 Å². The molecule has 0 rings (SSSR count). The monoisotopic (exact) mass is 335 g/mol. The Morgan fingerprint density at radius 2 is 1.61 bits per heavy atom. The van der Waals surface area contributed by atoms with Crippen molar-refractivity contribution in [3.63, 3.8) is 0 Å². The zero-order valence-corrected chi connectivity index (χ0v) is 12.3. The Hall–Kier alpha value is -2.50. The van der Waals surface area contributed by atoms with Crippen molar-refractivity contribution in [2.24, 2.45) is 5.73 Å². The van der Waals surface area contributed by atoms with Crippen molar-refractivity contribution in [3.8, 4) is 0 Å². The predicted molar refractivity (Wildman–Crippen MR) is 77.2 cm³/mol. The van der Waals surface area contributed by atoms with Crippen LogP contribution in [-0.2, 0) is 19.2 Å². The van der Waals surface area contributed by atoms with E-state index >= 15 is 0 Å². The van der Waals surface area contributed by atoms with Gasteiger partial charge in [-0.25, -0.2) is 9.59 Å². The number of unbranched alkanes of at least 4 members (excludes halogenated alkanes) is 1. The molecule has 0 aliphatic carbocycles. The molecular weight excluding hydrogens is 314 g/mol. The molecule has 0 aliphatic heterocycles. The van der Waals surface area contributed by atoms with Crippen molar-refractivity contribution in [1.82, 2.24) is 10.4 Å². The molecule has 8 N–H and O–H groups in total. The summed E-state index contributed by atoms with van der Waals surface area (Å²) >= 11 is 0. The van der Waals surface area contributed by atoms with Crippen LogP contribution >= 0.6 is 0 Å². The van der Waals surface area contributed by atoms with E-state index in [2.05, 4.69) is 6.58 Å². The summed E-state index contributed by atoms with van der Waals surface area (Å²) in [4.78, 5) is 44.9. The number of carbonyl (C=O) groups excluding carboxylic acids is 1. The first kappa shape index (κ1) is 22.8. The van der Waals surface area contributed by atoms with Crippen LogP contribution in [0.2, 0.25) is 0 Å². The maximum Gasteiger partial charge on any atom is 0.334 e. The van der Waals surface area contributed by atoms with Crippen LogP contribution in [0.3, 0.4) is 0 Å². The van der Waals surface area contributed by atoms with Crippen molar-refractivity contribution in [1.29, 1.82) is 0 Å². The van der Waals surface area contributed by atoms with E-state index < -0.39 is 35.9 Å². The summed E-state index contributed by atoms with van der Waals surface area (Å²) in [6, 6.07) is -3.78. The normalized spacial score (nSPS) is 11.4. The Morgan fingerprint density at radius 1 is 1.09 bits per heavy atom. The third kappa shape index (κ3) is 7.35. The third-order valence-corrected chi connectivity index (χ3v) is 2.72. The van der Waals surface area contributed by atoms with Gasteiger partial charge in [-0.05, 0) is 31.9 Å². The van der Waals surface area contributed by atoms with Crippen LogP contribution in [0.1, 0.15) is 19.3 Å². The highest BCUT2D eigenvalue weighted by Crippen LogP contribution is 2.12. The SMILES string of the molecule is C=CC(=O)NN(C(C(=O)O)C(=O)O)[C@@H](CCCCN)C(=O)O.O. The van der Waals surface area contributed by atoms with E-state index in [0.717, 1.165) is 6.08 Å². The molecule has 0 aliphatic rings. The van der Waals surface area contributed by atoms with Crippen LogP contribution in [0.4, 0.5) is 0 Å². The van der Waals surface area contributed by atoms with Crippen molar-refractivity contribution in [2.45, 2.75) is 31.3 Å². The molecule has 0 unspecified atom stereocenters. The molecule has 0 heterocycles. The van der Waals surface area contributed by atoms with Crippen molar-refractivity contribution >= 4 is 23.8 Å². The Bertz CT molecular complexity index is 440. The Balaban J connectivity index is 0. The number of carboxylic acid groups (broad SMARTS) is 3. The second kappa shape index (κ2) is 11.1. The van der Waals surface area contributed by atoms with Crippen molar-refractivity contribution in [2.75, 3.05) is 6.54 Å². The van der Waals surface area contributed by atoms with Gasteiger partial charge in [-0.1, -0.05) is 6.58 Å². The van der Waals surface area contributed by atoms with Crippen LogP contribution < -0.4 is 11.2 Å². The molecule has 0 saturated carbocycles. The number of rotatable bonds is 11. The average Bonchev–Trinajstić information content (AvgIpc) is 2.41. The number of hydrazine groups is 1. The van der Waals surface area contributed by atoms with E-state index in [-0.39, 0.29) is 11.9 Å². The molecule has 11 heteroatoms. The maximum atomic E-state index is 11.4. The molecule has 0 spiro atoms. The minimum Gasteiger partial charge on any atom is -0.480 e. The Kier molecular flexibility index (Phi) is 11.0. The highest BCUT2D eigenvalue weighted by atomic mass is 16.4. The summed E-state index contributed by atoms with van der Waals surface area (Å²) in [7, 11) is 0. The summed E-state index contributed by atoms with van der Waals surface area (Å²) in [6.07, 6.45) is 1.48. The highest BCUT2D eigenvalue weighted by molar-refractivity contribution is 5.98. The van der Waals surface area contributed by atoms with Gasteiger partial charge in [-0.2, -0.15) is 5.01 Å². The molecule has 0 aromatic carbocycles. The smallest absolute Gasteiger partial charge is 0.334 e. The fraction of sp³-hybridized carbons (Fsp3) is 0.500. The zero-order chi connectivity index (χ0) is 17.3. The first-order valence-corrected chi connectivity index (χ1v) is 6.36. The third-order valence-electron chi connectivity index (χ3n) is 2.72. The van der Waals surface area contributed by atoms with Crippen LogP contribution in [-0.4, -0.2) is 68.2 Å². The Labute approximate surface area is 131 Å². The molecule has 1 amide bonds. The van der Waals surface area contributed by atoms with Gasteiger partial charge in [0.15, 0.2) is 0 Å².